The molecule has 0 heterocycles. The predicted molar refractivity (Wildman–Crippen MR) is 78.1 cm³/mol. The highest BCUT2D eigenvalue weighted by molar-refractivity contribution is 5.82. The molecule has 1 aromatic carbocycles. The lowest BCUT2D eigenvalue weighted by Crippen LogP contribution is -2.25. The fourth-order valence-corrected chi connectivity index (χ4v) is 4.02. The van der Waals surface area contributed by atoms with Crippen LogP contribution in [0.4, 0.5) is 0 Å². The lowest BCUT2D eigenvalue weighted by Gasteiger charge is -2.30. The molecule has 0 saturated heterocycles. The first-order valence-electron chi connectivity index (χ1n) is 7.90. The third-order valence-electron chi connectivity index (χ3n) is 5.13. The van der Waals surface area contributed by atoms with Crippen LogP contribution in [0.25, 0.3) is 0 Å². The summed E-state index contributed by atoms with van der Waals surface area (Å²) in [5.74, 6) is 2.34. The van der Waals surface area contributed by atoms with E-state index in [1.807, 2.05) is 0 Å². The van der Waals surface area contributed by atoms with Gasteiger partial charge in [0.05, 0.1) is 0 Å². The number of rotatable bonds is 3. The van der Waals surface area contributed by atoms with E-state index in [4.69, 9.17) is 0 Å². The number of hydrogen-bond donors (Lipinski definition) is 0. The number of ketones is 1. The summed E-state index contributed by atoms with van der Waals surface area (Å²) in [4.78, 5) is 12.2. The first-order valence-corrected chi connectivity index (χ1v) is 7.90. The maximum Gasteiger partial charge on any atom is 0.136 e. The number of hydrogen-bond acceptors (Lipinski definition) is 1. The van der Waals surface area contributed by atoms with E-state index in [2.05, 4.69) is 30.3 Å². The smallest absolute Gasteiger partial charge is 0.136 e. The predicted octanol–water partition coefficient (Wildman–Crippen LogP) is 4.72. The van der Waals surface area contributed by atoms with E-state index in [9.17, 15) is 4.79 Å². The minimum Gasteiger partial charge on any atom is -0.299 e. The largest absolute Gasteiger partial charge is 0.299 e. The van der Waals surface area contributed by atoms with Crippen LogP contribution in [-0.4, -0.2) is 5.78 Å². The van der Waals surface area contributed by atoms with Gasteiger partial charge in [0.15, 0.2) is 0 Å². The van der Waals surface area contributed by atoms with Crippen LogP contribution < -0.4 is 0 Å². The number of carbonyl (C=O) groups is 1. The van der Waals surface area contributed by atoms with E-state index in [-0.39, 0.29) is 0 Å². The summed E-state index contributed by atoms with van der Waals surface area (Å²) < 4.78 is 0. The molecule has 2 saturated carbocycles. The molecule has 102 valence electrons. The van der Waals surface area contributed by atoms with Crippen LogP contribution in [0.15, 0.2) is 30.3 Å². The normalized spacial score (nSPS) is 28.7. The maximum absolute atomic E-state index is 12.2. The molecule has 0 aromatic heterocycles. The minimum absolute atomic E-state index is 0.349. The van der Waals surface area contributed by atoms with Crippen LogP contribution in [-0.2, 0) is 4.79 Å². The summed E-state index contributed by atoms with van der Waals surface area (Å²) >= 11 is 0. The summed E-state index contributed by atoms with van der Waals surface area (Å²) in [5, 5.41) is 0. The van der Waals surface area contributed by atoms with Gasteiger partial charge in [0.2, 0.25) is 0 Å². The average molecular weight is 256 g/mol. The van der Waals surface area contributed by atoms with Gasteiger partial charge < -0.3 is 0 Å². The fourth-order valence-electron chi connectivity index (χ4n) is 4.02. The maximum atomic E-state index is 12.2. The van der Waals surface area contributed by atoms with Crippen LogP contribution in [0.1, 0.15) is 62.8 Å². The van der Waals surface area contributed by atoms with Crippen molar-refractivity contribution in [2.75, 3.05) is 0 Å². The van der Waals surface area contributed by atoms with E-state index in [0.717, 1.165) is 25.2 Å². The summed E-state index contributed by atoms with van der Waals surface area (Å²) in [6.45, 7) is 0. The quantitative estimate of drug-likeness (QED) is 0.764. The molecule has 2 atom stereocenters. The van der Waals surface area contributed by atoms with E-state index >= 15 is 0 Å². The molecule has 1 aromatic rings. The second-order valence-corrected chi connectivity index (χ2v) is 6.43. The zero-order valence-electron chi connectivity index (χ0n) is 11.7. The Morgan fingerprint density at radius 1 is 1.00 bits per heavy atom. The van der Waals surface area contributed by atoms with Crippen LogP contribution in [0, 0.1) is 11.8 Å². The lowest BCUT2D eigenvalue weighted by molar-refractivity contribution is -0.125. The van der Waals surface area contributed by atoms with Crippen LogP contribution >= 0.6 is 0 Å². The van der Waals surface area contributed by atoms with Crippen molar-refractivity contribution in [1.29, 1.82) is 0 Å². The second-order valence-electron chi connectivity index (χ2n) is 6.43. The first-order chi connectivity index (χ1) is 9.33. The zero-order valence-corrected chi connectivity index (χ0v) is 11.7. The van der Waals surface area contributed by atoms with Crippen LogP contribution in [0.5, 0.6) is 0 Å². The molecule has 2 fully saturated rings. The summed E-state index contributed by atoms with van der Waals surface area (Å²) in [6, 6.07) is 10.8. The second kappa shape index (κ2) is 5.90. The van der Waals surface area contributed by atoms with E-state index in [0.29, 0.717) is 17.6 Å². The monoisotopic (exact) mass is 256 g/mol. The van der Waals surface area contributed by atoms with Gasteiger partial charge in [-0.25, -0.2) is 0 Å². The molecule has 2 unspecified atom stereocenters. The lowest BCUT2D eigenvalue weighted by atomic mass is 9.74. The van der Waals surface area contributed by atoms with E-state index < -0.39 is 0 Å². The number of carbonyl (C=O) groups excluding carboxylic acids is 1. The van der Waals surface area contributed by atoms with E-state index in [1.165, 1.54) is 37.7 Å². The number of Topliss-reactive ketones (excluding diaryl/α,β-unsaturated/α-hetero) is 1. The third kappa shape index (κ3) is 3.08. The van der Waals surface area contributed by atoms with Crippen molar-refractivity contribution in [2.24, 2.45) is 11.8 Å². The molecular formula is C18H24O. The van der Waals surface area contributed by atoms with Crippen molar-refractivity contribution >= 4 is 5.78 Å². The SMILES string of the molecule is O=C1CCC(c2ccccc2)CC1CC1CCCC1. The minimum atomic E-state index is 0.349. The molecule has 3 rings (SSSR count). The molecule has 0 aliphatic heterocycles. The third-order valence-corrected chi connectivity index (χ3v) is 5.13. The molecule has 0 radical (unpaired) electrons. The van der Waals surface area contributed by atoms with Gasteiger partial charge in [-0.3, -0.25) is 4.79 Å². The Morgan fingerprint density at radius 3 is 2.47 bits per heavy atom. The Hall–Kier alpha value is -1.11. The van der Waals surface area contributed by atoms with Gasteiger partial charge in [-0.2, -0.15) is 0 Å². The molecule has 19 heavy (non-hydrogen) atoms. The van der Waals surface area contributed by atoms with Crippen molar-refractivity contribution in [1.82, 2.24) is 0 Å². The Morgan fingerprint density at radius 2 is 1.74 bits per heavy atom. The highest BCUT2D eigenvalue weighted by Crippen LogP contribution is 2.39. The van der Waals surface area contributed by atoms with Gasteiger partial charge in [-0.05, 0) is 36.7 Å². The van der Waals surface area contributed by atoms with Crippen LogP contribution in [0.3, 0.4) is 0 Å². The molecular weight excluding hydrogens is 232 g/mol. The summed E-state index contributed by atoms with van der Waals surface area (Å²) in [6.07, 6.45) is 9.61. The average Bonchev–Trinajstić information content (AvgIpc) is 2.95. The summed E-state index contributed by atoms with van der Waals surface area (Å²) in [5.41, 5.74) is 1.44. The van der Waals surface area contributed by atoms with Crippen molar-refractivity contribution in [3.63, 3.8) is 0 Å². The molecule has 0 N–H and O–H groups in total. The highest BCUT2D eigenvalue weighted by Gasteiger charge is 2.31. The van der Waals surface area contributed by atoms with Crippen molar-refractivity contribution in [3.05, 3.63) is 35.9 Å². The Labute approximate surface area is 116 Å². The van der Waals surface area contributed by atoms with Gasteiger partial charge in [0, 0.05) is 12.3 Å². The fraction of sp³-hybridized carbons (Fsp3) is 0.611. The van der Waals surface area contributed by atoms with Crippen LogP contribution in [0.2, 0.25) is 0 Å². The topological polar surface area (TPSA) is 17.1 Å². The molecule has 0 amide bonds. The van der Waals surface area contributed by atoms with Gasteiger partial charge >= 0.3 is 0 Å². The van der Waals surface area contributed by atoms with Crippen molar-refractivity contribution < 1.29 is 4.79 Å². The van der Waals surface area contributed by atoms with Gasteiger partial charge in [0.1, 0.15) is 5.78 Å². The Bertz CT molecular complexity index is 417. The molecule has 2 aliphatic rings. The number of benzene rings is 1. The standard InChI is InChI=1S/C18H24O/c19-18-11-10-16(15-8-2-1-3-9-15)13-17(18)12-14-6-4-5-7-14/h1-3,8-9,14,16-17H,4-7,10-13H2. The van der Waals surface area contributed by atoms with Crippen molar-refractivity contribution in [3.8, 4) is 0 Å². The molecule has 1 heteroatoms. The molecule has 0 spiro atoms. The Kier molecular flexibility index (Phi) is 4.00. The Balaban J connectivity index is 1.65. The zero-order chi connectivity index (χ0) is 13.1. The van der Waals surface area contributed by atoms with E-state index in [1.54, 1.807) is 0 Å². The highest BCUT2D eigenvalue weighted by atomic mass is 16.1. The van der Waals surface area contributed by atoms with Gasteiger partial charge in [-0.15, -0.1) is 0 Å². The molecule has 0 bridgehead atoms. The van der Waals surface area contributed by atoms with Crippen molar-refractivity contribution in [2.45, 2.75) is 57.3 Å². The molecule has 1 nitrogen and oxygen atoms in total. The molecule has 2 aliphatic carbocycles. The summed E-state index contributed by atoms with van der Waals surface area (Å²) in [7, 11) is 0. The van der Waals surface area contributed by atoms with Gasteiger partial charge in [0.25, 0.3) is 0 Å². The first kappa shape index (κ1) is 12.9. The van der Waals surface area contributed by atoms with Gasteiger partial charge in [-0.1, -0.05) is 56.0 Å².